The SMILES string of the molecule is CCCC(C)NCC(C)OCC=Cc1ccccc1. The normalized spacial score (nSPS) is 14.7. The van der Waals surface area contributed by atoms with E-state index in [-0.39, 0.29) is 6.10 Å². The Morgan fingerprint density at radius 2 is 1.95 bits per heavy atom. The zero-order valence-corrected chi connectivity index (χ0v) is 12.4. The van der Waals surface area contributed by atoms with Gasteiger partial charge in [0.1, 0.15) is 0 Å². The van der Waals surface area contributed by atoms with Gasteiger partial charge in [0, 0.05) is 12.6 Å². The smallest absolute Gasteiger partial charge is 0.0675 e. The van der Waals surface area contributed by atoms with Gasteiger partial charge in [0.2, 0.25) is 0 Å². The molecule has 2 atom stereocenters. The molecule has 0 aliphatic carbocycles. The van der Waals surface area contributed by atoms with Gasteiger partial charge in [-0.05, 0) is 25.8 Å². The predicted octanol–water partition coefficient (Wildman–Crippen LogP) is 3.88. The van der Waals surface area contributed by atoms with Crippen molar-refractivity contribution in [3.63, 3.8) is 0 Å². The van der Waals surface area contributed by atoms with Crippen molar-refractivity contribution in [2.24, 2.45) is 0 Å². The Balaban J connectivity index is 2.13. The lowest BCUT2D eigenvalue weighted by atomic mass is 10.2. The maximum absolute atomic E-state index is 5.74. The monoisotopic (exact) mass is 261 g/mol. The van der Waals surface area contributed by atoms with Crippen LogP contribution in [0.15, 0.2) is 36.4 Å². The van der Waals surface area contributed by atoms with E-state index in [1.807, 2.05) is 18.2 Å². The minimum absolute atomic E-state index is 0.250. The zero-order valence-electron chi connectivity index (χ0n) is 12.4. The van der Waals surface area contributed by atoms with E-state index in [0.717, 1.165) is 6.54 Å². The van der Waals surface area contributed by atoms with Gasteiger partial charge in [-0.3, -0.25) is 0 Å². The average Bonchev–Trinajstić information content (AvgIpc) is 2.43. The standard InChI is InChI=1S/C17H27NO/c1-4-9-15(2)18-14-16(3)19-13-8-12-17-10-6-5-7-11-17/h5-8,10-12,15-16,18H,4,9,13-14H2,1-3H3. The van der Waals surface area contributed by atoms with Crippen LogP contribution in [0.2, 0.25) is 0 Å². The Hall–Kier alpha value is -1.12. The highest BCUT2D eigenvalue weighted by molar-refractivity contribution is 5.48. The van der Waals surface area contributed by atoms with Crippen LogP contribution in [-0.2, 0) is 4.74 Å². The maximum Gasteiger partial charge on any atom is 0.0675 e. The number of nitrogens with one attached hydrogen (secondary N) is 1. The van der Waals surface area contributed by atoms with E-state index in [1.165, 1.54) is 18.4 Å². The Bertz CT molecular complexity index is 348. The van der Waals surface area contributed by atoms with Crippen LogP contribution >= 0.6 is 0 Å². The third kappa shape index (κ3) is 7.81. The lowest BCUT2D eigenvalue weighted by Gasteiger charge is -2.17. The van der Waals surface area contributed by atoms with Crippen molar-refractivity contribution in [1.82, 2.24) is 5.32 Å². The largest absolute Gasteiger partial charge is 0.373 e. The second-order valence-electron chi connectivity index (χ2n) is 5.05. The summed E-state index contributed by atoms with van der Waals surface area (Å²) in [6.07, 6.45) is 6.87. The van der Waals surface area contributed by atoms with Crippen molar-refractivity contribution in [3.05, 3.63) is 42.0 Å². The van der Waals surface area contributed by atoms with Crippen LogP contribution in [0.1, 0.15) is 39.2 Å². The summed E-state index contributed by atoms with van der Waals surface area (Å²) in [7, 11) is 0. The second-order valence-corrected chi connectivity index (χ2v) is 5.05. The van der Waals surface area contributed by atoms with Gasteiger partial charge in [-0.25, -0.2) is 0 Å². The van der Waals surface area contributed by atoms with E-state index in [9.17, 15) is 0 Å². The lowest BCUT2D eigenvalue weighted by molar-refractivity contribution is 0.0859. The van der Waals surface area contributed by atoms with Crippen molar-refractivity contribution >= 4 is 6.08 Å². The van der Waals surface area contributed by atoms with Crippen LogP contribution in [0, 0.1) is 0 Å². The van der Waals surface area contributed by atoms with E-state index < -0.39 is 0 Å². The first-order chi connectivity index (χ1) is 9.22. The Morgan fingerprint density at radius 1 is 1.21 bits per heavy atom. The third-order valence-electron chi connectivity index (χ3n) is 3.06. The first-order valence-corrected chi connectivity index (χ1v) is 7.29. The quantitative estimate of drug-likeness (QED) is 0.728. The van der Waals surface area contributed by atoms with Crippen LogP contribution in [0.25, 0.3) is 6.08 Å². The highest BCUT2D eigenvalue weighted by Gasteiger charge is 2.04. The van der Waals surface area contributed by atoms with Crippen LogP contribution in [0.5, 0.6) is 0 Å². The number of hydrogen-bond donors (Lipinski definition) is 1. The summed E-state index contributed by atoms with van der Waals surface area (Å²) in [6, 6.07) is 10.9. The summed E-state index contributed by atoms with van der Waals surface area (Å²) in [6.45, 7) is 8.14. The molecule has 0 saturated heterocycles. The van der Waals surface area contributed by atoms with E-state index >= 15 is 0 Å². The lowest BCUT2D eigenvalue weighted by Crippen LogP contribution is -2.33. The fraction of sp³-hybridized carbons (Fsp3) is 0.529. The highest BCUT2D eigenvalue weighted by Crippen LogP contribution is 2.01. The maximum atomic E-state index is 5.74. The van der Waals surface area contributed by atoms with E-state index in [1.54, 1.807) is 0 Å². The molecule has 106 valence electrons. The summed E-state index contributed by atoms with van der Waals surface area (Å²) in [5.74, 6) is 0. The number of benzene rings is 1. The van der Waals surface area contributed by atoms with Crippen molar-refractivity contribution in [2.75, 3.05) is 13.2 Å². The van der Waals surface area contributed by atoms with E-state index in [2.05, 4.69) is 50.4 Å². The molecular weight excluding hydrogens is 234 g/mol. The second kappa shape index (κ2) is 9.76. The topological polar surface area (TPSA) is 21.3 Å². The molecule has 1 aromatic carbocycles. The molecule has 0 bridgehead atoms. The zero-order chi connectivity index (χ0) is 13.9. The number of rotatable bonds is 9. The van der Waals surface area contributed by atoms with Crippen molar-refractivity contribution < 1.29 is 4.74 Å². The summed E-state index contributed by atoms with van der Waals surface area (Å²) in [5.41, 5.74) is 1.22. The molecule has 0 radical (unpaired) electrons. The molecule has 0 heterocycles. The number of ether oxygens (including phenoxy) is 1. The molecule has 1 aromatic rings. The first-order valence-electron chi connectivity index (χ1n) is 7.29. The molecule has 0 aromatic heterocycles. The molecular formula is C17H27NO. The first kappa shape index (κ1) is 15.9. The summed E-state index contributed by atoms with van der Waals surface area (Å²) >= 11 is 0. The molecule has 0 spiro atoms. The minimum atomic E-state index is 0.250. The summed E-state index contributed by atoms with van der Waals surface area (Å²) < 4.78 is 5.74. The minimum Gasteiger partial charge on any atom is -0.373 e. The van der Waals surface area contributed by atoms with Gasteiger partial charge in [0.15, 0.2) is 0 Å². The van der Waals surface area contributed by atoms with E-state index in [4.69, 9.17) is 4.74 Å². The van der Waals surface area contributed by atoms with Gasteiger partial charge in [-0.15, -0.1) is 0 Å². The van der Waals surface area contributed by atoms with Crippen LogP contribution in [-0.4, -0.2) is 25.3 Å². The molecule has 2 nitrogen and oxygen atoms in total. The fourth-order valence-electron chi connectivity index (χ4n) is 1.93. The Morgan fingerprint density at radius 3 is 2.63 bits per heavy atom. The molecule has 0 fully saturated rings. The van der Waals surface area contributed by atoms with Gasteiger partial charge in [0.05, 0.1) is 12.7 Å². The fourth-order valence-corrected chi connectivity index (χ4v) is 1.93. The van der Waals surface area contributed by atoms with Crippen molar-refractivity contribution in [2.45, 2.75) is 45.8 Å². The number of hydrogen-bond acceptors (Lipinski definition) is 2. The third-order valence-corrected chi connectivity index (χ3v) is 3.06. The van der Waals surface area contributed by atoms with Gasteiger partial charge < -0.3 is 10.1 Å². The Kier molecular flexibility index (Phi) is 8.19. The molecule has 0 aliphatic heterocycles. The molecule has 19 heavy (non-hydrogen) atoms. The van der Waals surface area contributed by atoms with E-state index in [0.29, 0.717) is 12.6 Å². The van der Waals surface area contributed by atoms with Crippen LogP contribution in [0.4, 0.5) is 0 Å². The molecule has 0 aliphatic rings. The summed E-state index contributed by atoms with van der Waals surface area (Å²) in [4.78, 5) is 0. The van der Waals surface area contributed by atoms with Crippen LogP contribution < -0.4 is 5.32 Å². The molecule has 2 unspecified atom stereocenters. The Labute approximate surface area is 117 Å². The van der Waals surface area contributed by atoms with Crippen LogP contribution in [0.3, 0.4) is 0 Å². The predicted molar refractivity (Wildman–Crippen MR) is 83.3 cm³/mol. The van der Waals surface area contributed by atoms with Gasteiger partial charge >= 0.3 is 0 Å². The molecule has 0 saturated carbocycles. The molecule has 1 rings (SSSR count). The summed E-state index contributed by atoms with van der Waals surface area (Å²) in [5, 5.41) is 3.49. The van der Waals surface area contributed by atoms with Gasteiger partial charge in [-0.2, -0.15) is 0 Å². The van der Waals surface area contributed by atoms with Gasteiger partial charge in [-0.1, -0.05) is 55.8 Å². The average molecular weight is 261 g/mol. The molecule has 2 heteroatoms. The highest BCUT2D eigenvalue weighted by atomic mass is 16.5. The van der Waals surface area contributed by atoms with Gasteiger partial charge in [0.25, 0.3) is 0 Å². The molecule has 1 N–H and O–H groups in total. The van der Waals surface area contributed by atoms with Crippen molar-refractivity contribution in [1.29, 1.82) is 0 Å². The molecule has 0 amide bonds. The van der Waals surface area contributed by atoms with Crippen molar-refractivity contribution in [3.8, 4) is 0 Å².